The van der Waals surface area contributed by atoms with Gasteiger partial charge in [0, 0.05) is 31.2 Å². The molecule has 0 saturated carbocycles. The quantitative estimate of drug-likeness (QED) is 0.737. The zero-order valence-corrected chi connectivity index (χ0v) is 14.0. The minimum Gasteiger partial charge on any atom is -0.493 e. The Morgan fingerprint density at radius 2 is 1.67 bits per heavy atom. The molecule has 0 spiro atoms. The van der Waals surface area contributed by atoms with E-state index in [1.807, 2.05) is 18.2 Å². The zero-order valence-electron chi connectivity index (χ0n) is 14.0. The highest BCUT2D eigenvalue weighted by Gasteiger charge is 2.16. The molecule has 6 nitrogen and oxygen atoms in total. The van der Waals surface area contributed by atoms with E-state index >= 15 is 0 Å². The van der Waals surface area contributed by atoms with Crippen LogP contribution in [0.25, 0.3) is 21.9 Å². The molecular weight excluding hydrogens is 308 g/mol. The first kappa shape index (κ1) is 15.9. The topological polar surface area (TPSA) is 62.6 Å². The van der Waals surface area contributed by atoms with Crippen LogP contribution >= 0.6 is 0 Å². The molecule has 0 atom stereocenters. The van der Waals surface area contributed by atoms with Crippen molar-refractivity contribution in [1.82, 2.24) is 9.55 Å². The number of methoxy groups -OCH3 is 3. The van der Waals surface area contributed by atoms with Gasteiger partial charge in [0.25, 0.3) is 5.56 Å². The predicted octanol–water partition coefficient (Wildman–Crippen LogP) is 2.63. The summed E-state index contributed by atoms with van der Waals surface area (Å²) in [6.07, 6.45) is 5.05. The number of nitrogens with zero attached hydrogens (tertiary/aromatic N) is 2. The van der Waals surface area contributed by atoms with Crippen molar-refractivity contribution in [3.63, 3.8) is 0 Å². The number of aromatic nitrogens is 2. The van der Waals surface area contributed by atoms with Gasteiger partial charge in [-0.3, -0.25) is 9.78 Å². The summed E-state index contributed by atoms with van der Waals surface area (Å²) >= 11 is 0. The fraction of sp³-hybridized carbons (Fsp3) is 0.222. The molecule has 24 heavy (non-hydrogen) atoms. The van der Waals surface area contributed by atoms with E-state index in [-0.39, 0.29) is 5.56 Å². The third kappa shape index (κ3) is 2.46. The van der Waals surface area contributed by atoms with E-state index in [4.69, 9.17) is 14.2 Å². The van der Waals surface area contributed by atoms with Crippen molar-refractivity contribution in [1.29, 1.82) is 0 Å². The van der Waals surface area contributed by atoms with Gasteiger partial charge in [-0.15, -0.1) is 0 Å². The van der Waals surface area contributed by atoms with Crippen LogP contribution in [0.2, 0.25) is 0 Å². The van der Waals surface area contributed by atoms with Gasteiger partial charge in [-0.25, -0.2) is 0 Å². The zero-order chi connectivity index (χ0) is 17.3. The number of pyridine rings is 2. The highest BCUT2D eigenvalue weighted by Crippen LogP contribution is 2.42. The first-order valence-corrected chi connectivity index (χ1v) is 7.34. The SMILES string of the molecule is COc1cc(-c2cn(C)c(=O)c3cnccc23)cc(OC)c1OC. The van der Waals surface area contributed by atoms with Crippen LogP contribution in [0.3, 0.4) is 0 Å². The first-order chi connectivity index (χ1) is 11.6. The minimum atomic E-state index is -0.0886. The predicted molar refractivity (Wildman–Crippen MR) is 92.1 cm³/mol. The van der Waals surface area contributed by atoms with Crippen LogP contribution in [0.5, 0.6) is 17.2 Å². The van der Waals surface area contributed by atoms with Crippen LogP contribution in [0.1, 0.15) is 0 Å². The monoisotopic (exact) mass is 326 g/mol. The highest BCUT2D eigenvalue weighted by molar-refractivity contribution is 5.96. The van der Waals surface area contributed by atoms with E-state index in [1.54, 1.807) is 51.5 Å². The normalized spacial score (nSPS) is 10.7. The molecule has 3 aromatic rings. The van der Waals surface area contributed by atoms with E-state index in [9.17, 15) is 4.79 Å². The molecule has 2 heterocycles. The number of ether oxygens (including phenoxy) is 3. The molecule has 0 amide bonds. The molecule has 0 N–H and O–H groups in total. The highest BCUT2D eigenvalue weighted by atomic mass is 16.5. The summed E-state index contributed by atoms with van der Waals surface area (Å²) in [6.45, 7) is 0. The number of hydrogen-bond donors (Lipinski definition) is 0. The largest absolute Gasteiger partial charge is 0.493 e. The lowest BCUT2D eigenvalue weighted by atomic mass is 10.0. The molecular formula is C18H18N2O4. The summed E-state index contributed by atoms with van der Waals surface area (Å²) in [5.41, 5.74) is 1.65. The molecule has 0 aliphatic rings. The molecule has 0 fully saturated rings. The van der Waals surface area contributed by atoms with Gasteiger partial charge in [0.05, 0.1) is 26.7 Å². The summed E-state index contributed by atoms with van der Waals surface area (Å²) in [6, 6.07) is 5.55. The first-order valence-electron chi connectivity index (χ1n) is 7.34. The van der Waals surface area contributed by atoms with Crippen LogP contribution in [-0.4, -0.2) is 30.9 Å². The maximum atomic E-state index is 12.3. The van der Waals surface area contributed by atoms with Crippen molar-refractivity contribution in [2.24, 2.45) is 7.05 Å². The molecule has 0 saturated heterocycles. The molecule has 0 unspecified atom stereocenters. The van der Waals surface area contributed by atoms with Crippen molar-refractivity contribution in [3.8, 4) is 28.4 Å². The Labute approximate surface area is 139 Å². The van der Waals surface area contributed by atoms with Gasteiger partial charge in [-0.05, 0) is 29.1 Å². The smallest absolute Gasteiger partial charge is 0.259 e. The van der Waals surface area contributed by atoms with Gasteiger partial charge in [-0.1, -0.05) is 0 Å². The average Bonchev–Trinajstić information content (AvgIpc) is 2.63. The summed E-state index contributed by atoms with van der Waals surface area (Å²) < 4.78 is 17.8. The Balaban J connectivity index is 2.36. The molecule has 2 aromatic heterocycles. The second kappa shape index (κ2) is 6.23. The Morgan fingerprint density at radius 3 is 2.25 bits per heavy atom. The number of aryl methyl sites for hydroxylation is 1. The molecule has 1 aromatic carbocycles. The average molecular weight is 326 g/mol. The van der Waals surface area contributed by atoms with Crippen molar-refractivity contribution in [2.75, 3.05) is 21.3 Å². The third-order valence-electron chi connectivity index (χ3n) is 3.96. The maximum absolute atomic E-state index is 12.3. The minimum absolute atomic E-state index is 0.0886. The molecule has 124 valence electrons. The number of hydrogen-bond acceptors (Lipinski definition) is 5. The van der Waals surface area contributed by atoms with Crippen molar-refractivity contribution < 1.29 is 14.2 Å². The Hall–Kier alpha value is -3.02. The van der Waals surface area contributed by atoms with Gasteiger partial charge in [0.1, 0.15) is 0 Å². The molecule has 0 aliphatic carbocycles. The number of rotatable bonds is 4. The Morgan fingerprint density at radius 1 is 1.00 bits per heavy atom. The van der Waals surface area contributed by atoms with Crippen LogP contribution in [0.4, 0.5) is 0 Å². The maximum Gasteiger partial charge on any atom is 0.259 e. The second-order valence-corrected chi connectivity index (χ2v) is 5.29. The van der Waals surface area contributed by atoms with E-state index in [0.29, 0.717) is 22.6 Å². The van der Waals surface area contributed by atoms with Crippen molar-refractivity contribution >= 4 is 10.8 Å². The third-order valence-corrected chi connectivity index (χ3v) is 3.96. The summed E-state index contributed by atoms with van der Waals surface area (Å²) in [5, 5.41) is 1.38. The van der Waals surface area contributed by atoms with E-state index < -0.39 is 0 Å². The molecule has 0 aliphatic heterocycles. The second-order valence-electron chi connectivity index (χ2n) is 5.29. The van der Waals surface area contributed by atoms with Gasteiger partial charge < -0.3 is 18.8 Å². The lowest BCUT2D eigenvalue weighted by Gasteiger charge is -2.15. The van der Waals surface area contributed by atoms with Crippen LogP contribution in [-0.2, 0) is 7.05 Å². The van der Waals surface area contributed by atoms with Gasteiger partial charge >= 0.3 is 0 Å². The summed E-state index contributed by atoms with van der Waals surface area (Å²) in [7, 11) is 6.43. The standard InChI is InChI=1S/C18H18N2O4/c1-20-10-14(12-5-6-19-9-13(12)18(20)21)11-7-15(22-2)17(24-4)16(8-11)23-3/h5-10H,1-4H3. The number of fused-ring (bicyclic) bond motifs is 1. The van der Waals surface area contributed by atoms with Crippen molar-refractivity contribution in [2.45, 2.75) is 0 Å². The molecule has 0 bridgehead atoms. The van der Waals surface area contributed by atoms with E-state index in [0.717, 1.165) is 16.5 Å². The lowest BCUT2D eigenvalue weighted by molar-refractivity contribution is 0.324. The molecule has 6 heteroatoms. The van der Waals surface area contributed by atoms with Gasteiger partial charge in [0.2, 0.25) is 5.75 Å². The fourth-order valence-electron chi connectivity index (χ4n) is 2.78. The molecule has 3 rings (SSSR count). The van der Waals surface area contributed by atoms with Crippen molar-refractivity contribution in [3.05, 3.63) is 47.1 Å². The van der Waals surface area contributed by atoms with Crippen LogP contribution < -0.4 is 19.8 Å². The lowest BCUT2D eigenvalue weighted by Crippen LogP contribution is -2.16. The van der Waals surface area contributed by atoms with E-state index in [1.165, 1.54) is 0 Å². The summed E-state index contributed by atoms with van der Waals surface area (Å²) in [4.78, 5) is 16.4. The Bertz CT molecular complexity index is 938. The fourth-order valence-corrected chi connectivity index (χ4v) is 2.78. The van der Waals surface area contributed by atoms with Gasteiger partial charge in [-0.2, -0.15) is 0 Å². The van der Waals surface area contributed by atoms with Crippen LogP contribution in [0, 0.1) is 0 Å². The van der Waals surface area contributed by atoms with E-state index in [2.05, 4.69) is 4.98 Å². The Kier molecular flexibility index (Phi) is 4.12. The van der Waals surface area contributed by atoms with Gasteiger partial charge in [0.15, 0.2) is 11.5 Å². The number of benzene rings is 1. The molecule has 0 radical (unpaired) electrons. The van der Waals surface area contributed by atoms with Crippen LogP contribution in [0.15, 0.2) is 41.6 Å². The summed E-state index contributed by atoms with van der Waals surface area (Å²) in [5.74, 6) is 1.64.